The van der Waals surface area contributed by atoms with Crippen LogP contribution in [-0.2, 0) is 14.8 Å². The van der Waals surface area contributed by atoms with E-state index in [2.05, 4.69) is 12.2 Å². The van der Waals surface area contributed by atoms with E-state index in [1.54, 1.807) is 12.1 Å². The third-order valence-electron chi connectivity index (χ3n) is 5.41. The Labute approximate surface area is 156 Å². The number of nitrogens with zero attached hydrogens (tertiary/aromatic N) is 1. The lowest BCUT2D eigenvalue weighted by molar-refractivity contribution is 0.0730. The second-order valence-electron chi connectivity index (χ2n) is 7.42. The second-order valence-corrected chi connectivity index (χ2v) is 9.36. The third kappa shape index (κ3) is 4.27. The first kappa shape index (κ1) is 19.3. The van der Waals surface area contributed by atoms with Crippen molar-refractivity contribution in [2.75, 3.05) is 26.3 Å². The Balaban J connectivity index is 1.77. The number of benzene rings is 1. The summed E-state index contributed by atoms with van der Waals surface area (Å²) < 4.78 is 32.3. The van der Waals surface area contributed by atoms with Crippen LogP contribution in [0.15, 0.2) is 23.1 Å². The van der Waals surface area contributed by atoms with Crippen molar-refractivity contribution in [2.45, 2.75) is 50.5 Å². The fourth-order valence-corrected chi connectivity index (χ4v) is 5.04. The van der Waals surface area contributed by atoms with Crippen LogP contribution in [0.1, 0.15) is 48.5 Å². The van der Waals surface area contributed by atoms with Gasteiger partial charge in [0, 0.05) is 24.7 Å². The summed E-state index contributed by atoms with van der Waals surface area (Å²) in [7, 11) is -3.60. The van der Waals surface area contributed by atoms with Crippen LogP contribution >= 0.6 is 0 Å². The van der Waals surface area contributed by atoms with Gasteiger partial charge in [-0.1, -0.05) is 13.0 Å². The molecule has 1 N–H and O–H groups in total. The lowest BCUT2D eigenvalue weighted by Gasteiger charge is -2.27. The van der Waals surface area contributed by atoms with Gasteiger partial charge in [0.1, 0.15) is 0 Å². The molecule has 0 atom stereocenters. The topological polar surface area (TPSA) is 75.7 Å². The van der Waals surface area contributed by atoms with E-state index < -0.39 is 10.0 Å². The van der Waals surface area contributed by atoms with Crippen molar-refractivity contribution in [1.29, 1.82) is 0 Å². The molecule has 1 heterocycles. The van der Waals surface area contributed by atoms with Gasteiger partial charge in [0.05, 0.1) is 18.1 Å². The molecule has 1 amide bonds. The van der Waals surface area contributed by atoms with Gasteiger partial charge in [0.2, 0.25) is 10.0 Å². The molecule has 3 rings (SSSR count). The van der Waals surface area contributed by atoms with Crippen molar-refractivity contribution in [1.82, 2.24) is 9.62 Å². The lowest BCUT2D eigenvalue weighted by Crippen LogP contribution is -2.41. The number of ether oxygens (including phenoxy) is 1. The zero-order valence-corrected chi connectivity index (χ0v) is 16.3. The van der Waals surface area contributed by atoms with Crippen LogP contribution in [0.3, 0.4) is 0 Å². The average molecular weight is 381 g/mol. The molecule has 2 fully saturated rings. The number of morpholine rings is 1. The molecule has 0 radical (unpaired) electrons. The number of sulfonamides is 1. The maximum atomic E-state index is 12.8. The number of carbonyl (C=O) groups excluding carboxylic acids is 1. The standard InChI is InChI=1S/C19H28N2O4S/c1-14-3-6-16(7-4-14)20-19(22)18-13-17(8-5-15(18)2)26(23,24)21-9-11-25-12-10-21/h5,8,13-14,16H,3-4,6-7,9-12H2,1-2H3,(H,20,22). The van der Waals surface area contributed by atoms with E-state index in [1.807, 2.05) is 6.92 Å². The highest BCUT2D eigenvalue weighted by Gasteiger charge is 2.28. The van der Waals surface area contributed by atoms with Gasteiger partial charge in [0.25, 0.3) is 5.91 Å². The Morgan fingerprint density at radius 2 is 1.81 bits per heavy atom. The maximum absolute atomic E-state index is 12.8. The van der Waals surface area contributed by atoms with Crippen LogP contribution < -0.4 is 5.32 Å². The van der Waals surface area contributed by atoms with Crippen molar-refractivity contribution < 1.29 is 17.9 Å². The van der Waals surface area contributed by atoms with Gasteiger partial charge in [-0.25, -0.2) is 8.42 Å². The fourth-order valence-electron chi connectivity index (χ4n) is 3.61. The normalized spacial score (nSPS) is 25.0. The monoisotopic (exact) mass is 380 g/mol. The highest BCUT2D eigenvalue weighted by Crippen LogP contribution is 2.25. The van der Waals surface area contributed by atoms with Gasteiger partial charge in [0.15, 0.2) is 0 Å². The predicted molar refractivity (Wildman–Crippen MR) is 99.6 cm³/mol. The van der Waals surface area contributed by atoms with Gasteiger partial charge < -0.3 is 10.1 Å². The minimum absolute atomic E-state index is 0.174. The number of aryl methyl sites for hydroxylation is 1. The van der Waals surface area contributed by atoms with Crippen molar-refractivity contribution in [3.8, 4) is 0 Å². The Morgan fingerprint density at radius 1 is 1.15 bits per heavy atom. The average Bonchev–Trinajstić information content (AvgIpc) is 2.64. The summed E-state index contributed by atoms with van der Waals surface area (Å²) in [5.41, 5.74) is 1.23. The number of carbonyl (C=O) groups is 1. The number of hydrogen-bond donors (Lipinski definition) is 1. The minimum Gasteiger partial charge on any atom is -0.379 e. The minimum atomic E-state index is -3.60. The zero-order valence-electron chi connectivity index (χ0n) is 15.5. The molecule has 1 aromatic carbocycles. The molecule has 26 heavy (non-hydrogen) atoms. The zero-order chi connectivity index (χ0) is 18.7. The van der Waals surface area contributed by atoms with E-state index in [1.165, 1.54) is 10.4 Å². The van der Waals surface area contributed by atoms with E-state index in [4.69, 9.17) is 4.74 Å². The molecule has 144 valence electrons. The Morgan fingerprint density at radius 3 is 2.46 bits per heavy atom. The largest absolute Gasteiger partial charge is 0.379 e. The molecule has 0 unspecified atom stereocenters. The molecule has 1 saturated heterocycles. The summed E-state index contributed by atoms with van der Waals surface area (Å²) in [6.07, 6.45) is 4.21. The van der Waals surface area contributed by atoms with E-state index >= 15 is 0 Å². The number of rotatable bonds is 4. The molecule has 1 aromatic rings. The van der Waals surface area contributed by atoms with Gasteiger partial charge in [-0.2, -0.15) is 4.31 Å². The molecule has 0 aromatic heterocycles. The summed E-state index contributed by atoms with van der Waals surface area (Å²) in [6, 6.07) is 4.99. The maximum Gasteiger partial charge on any atom is 0.251 e. The predicted octanol–water partition coefficient (Wildman–Crippen LogP) is 2.32. The molecular weight excluding hydrogens is 352 g/mol. The Kier molecular flexibility index (Phi) is 5.99. The SMILES string of the molecule is Cc1ccc(S(=O)(=O)N2CCOCC2)cc1C(=O)NC1CCC(C)CC1. The first-order valence-electron chi connectivity index (χ1n) is 9.37. The van der Waals surface area contributed by atoms with Crippen LogP contribution in [0.4, 0.5) is 0 Å². The lowest BCUT2D eigenvalue weighted by atomic mass is 9.87. The molecule has 1 aliphatic carbocycles. The first-order valence-corrected chi connectivity index (χ1v) is 10.8. The summed E-state index contributed by atoms with van der Waals surface area (Å²) in [4.78, 5) is 12.9. The highest BCUT2D eigenvalue weighted by molar-refractivity contribution is 7.89. The van der Waals surface area contributed by atoms with Crippen LogP contribution in [0, 0.1) is 12.8 Å². The fraction of sp³-hybridized carbons (Fsp3) is 0.632. The Bertz CT molecular complexity index is 749. The molecule has 1 saturated carbocycles. The van der Waals surface area contributed by atoms with Crippen molar-refractivity contribution in [2.24, 2.45) is 5.92 Å². The van der Waals surface area contributed by atoms with Crippen LogP contribution in [0.2, 0.25) is 0 Å². The molecule has 2 aliphatic rings. The number of nitrogens with one attached hydrogen (secondary N) is 1. The van der Waals surface area contributed by atoms with Gasteiger partial charge >= 0.3 is 0 Å². The molecule has 1 aliphatic heterocycles. The summed E-state index contributed by atoms with van der Waals surface area (Å²) in [5.74, 6) is 0.535. The van der Waals surface area contributed by atoms with Gasteiger partial charge in [-0.3, -0.25) is 4.79 Å². The highest BCUT2D eigenvalue weighted by atomic mass is 32.2. The second kappa shape index (κ2) is 8.06. The van der Waals surface area contributed by atoms with E-state index in [-0.39, 0.29) is 16.8 Å². The van der Waals surface area contributed by atoms with E-state index in [0.717, 1.165) is 31.2 Å². The van der Waals surface area contributed by atoms with Gasteiger partial charge in [-0.15, -0.1) is 0 Å². The van der Waals surface area contributed by atoms with Crippen molar-refractivity contribution >= 4 is 15.9 Å². The molecule has 7 heteroatoms. The first-order chi connectivity index (χ1) is 12.4. The molecular formula is C19H28N2O4S. The molecule has 0 bridgehead atoms. The van der Waals surface area contributed by atoms with Crippen molar-refractivity contribution in [3.63, 3.8) is 0 Å². The Hall–Kier alpha value is -1.44. The van der Waals surface area contributed by atoms with E-state index in [0.29, 0.717) is 37.8 Å². The quantitative estimate of drug-likeness (QED) is 0.870. The summed E-state index contributed by atoms with van der Waals surface area (Å²) in [6.45, 7) is 5.57. The number of amides is 1. The van der Waals surface area contributed by atoms with E-state index in [9.17, 15) is 13.2 Å². The molecule has 6 nitrogen and oxygen atoms in total. The van der Waals surface area contributed by atoms with Gasteiger partial charge in [-0.05, 0) is 56.2 Å². The van der Waals surface area contributed by atoms with Crippen LogP contribution in [0.25, 0.3) is 0 Å². The smallest absolute Gasteiger partial charge is 0.251 e. The number of hydrogen-bond acceptors (Lipinski definition) is 4. The third-order valence-corrected chi connectivity index (χ3v) is 7.31. The molecule has 0 spiro atoms. The summed E-state index contributed by atoms with van der Waals surface area (Å²) in [5, 5.41) is 3.09. The summed E-state index contributed by atoms with van der Waals surface area (Å²) >= 11 is 0. The van der Waals surface area contributed by atoms with Crippen LogP contribution in [-0.4, -0.2) is 51.0 Å². The van der Waals surface area contributed by atoms with Crippen molar-refractivity contribution in [3.05, 3.63) is 29.3 Å². The van der Waals surface area contributed by atoms with Crippen LogP contribution in [0.5, 0.6) is 0 Å².